The fourth-order valence-electron chi connectivity index (χ4n) is 3.05. The van der Waals surface area contributed by atoms with E-state index in [1.807, 2.05) is 77.9 Å². The highest BCUT2D eigenvalue weighted by atomic mass is 32.2. The summed E-state index contributed by atoms with van der Waals surface area (Å²) in [5.74, 6) is -0.0857. The maximum Gasteiger partial charge on any atom is 0.266 e. The van der Waals surface area contributed by atoms with E-state index in [2.05, 4.69) is 5.32 Å². The Morgan fingerprint density at radius 1 is 1.14 bits per heavy atom. The van der Waals surface area contributed by atoms with Gasteiger partial charge in [-0.15, -0.1) is 0 Å². The van der Waals surface area contributed by atoms with Gasteiger partial charge in [0.25, 0.3) is 5.56 Å². The molecule has 0 fully saturated rings. The number of amides is 1. The van der Waals surface area contributed by atoms with Gasteiger partial charge in [-0.3, -0.25) is 14.2 Å². The summed E-state index contributed by atoms with van der Waals surface area (Å²) in [4.78, 5) is 30.8. The van der Waals surface area contributed by atoms with Crippen molar-refractivity contribution in [3.8, 4) is 5.69 Å². The number of nitrogens with zero attached hydrogens (tertiary/aromatic N) is 2. The van der Waals surface area contributed by atoms with Crippen LogP contribution in [-0.4, -0.2) is 26.2 Å². The Bertz CT molecular complexity index is 1130. The number of rotatable bonds is 4. The van der Waals surface area contributed by atoms with Gasteiger partial charge in [-0.05, 0) is 70.9 Å². The van der Waals surface area contributed by atoms with E-state index in [4.69, 9.17) is 4.98 Å². The number of thioether (sulfide) groups is 1. The number of hydrogen-bond donors (Lipinski definition) is 1. The van der Waals surface area contributed by atoms with Gasteiger partial charge in [0, 0.05) is 5.54 Å². The number of benzene rings is 2. The number of carbonyl (C=O) groups is 1. The Morgan fingerprint density at radius 2 is 1.83 bits per heavy atom. The summed E-state index contributed by atoms with van der Waals surface area (Å²) >= 11 is 1.30. The molecule has 0 unspecified atom stereocenters. The molecule has 2 aromatic carbocycles. The Kier molecular flexibility index (Phi) is 5.85. The minimum Gasteiger partial charge on any atom is -0.351 e. The molecule has 6 heteroatoms. The first-order valence-electron chi connectivity index (χ1n) is 9.65. The average Bonchev–Trinajstić information content (AvgIpc) is 2.63. The van der Waals surface area contributed by atoms with Crippen LogP contribution in [0.4, 0.5) is 0 Å². The van der Waals surface area contributed by atoms with Crippen LogP contribution in [0, 0.1) is 13.8 Å². The molecule has 0 aliphatic carbocycles. The van der Waals surface area contributed by atoms with E-state index in [1.165, 1.54) is 11.8 Å². The summed E-state index contributed by atoms with van der Waals surface area (Å²) in [7, 11) is 0. The van der Waals surface area contributed by atoms with E-state index >= 15 is 0 Å². The van der Waals surface area contributed by atoms with Crippen molar-refractivity contribution in [1.82, 2.24) is 14.9 Å². The minimum atomic E-state index is -0.404. The lowest BCUT2D eigenvalue weighted by Crippen LogP contribution is -2.44. The zero-order valence-electron chi connectivity index (χ0n) is 17.7. The molecule has 0 saturated heterocycles. The van der Waals surface area contributed by atoms with Crippen LogP contribution in [0.25, 0.3) is 16.6 Å². The molecule has 1 aromatic heterocycles. The molecule has 1 amide bonds. The van der Waals surface area contributed by atoms with Crippen LogP contribution in [0.5, 0.6) is 0 Å². The molecule has 0 aliphatic heterocycles. The standard InChI is InChI=1S/C23H27N3O2S/c1-14-11-12-15(2)19(13-14)26-21(28)17-9-7-8-10-18(17)24-22(26)29-16(3)20(27)25-23(4,5)6/h7-13,16H,1-6H3,(H,25,27)/t16-/m0/s1. The monoisotopic (exact) mass is 409 g/mol. The summed E-state index contributed by atoms with van der Waals surface area (Å²) in [6.07, 6.45) is 0. The van der Waals surface area contributed by atoms with Crippen molar-refractivity contribution in [2.24, 2.45) is 0 Å². The maximum atomic E-state index is 13.4. The van der Waals surface area contributed by atoms with Gasteiger partial charge in [0.2, 0.25) is 5.91 Å². The lowest BCUT2D eigenvalue weighted by molar-refractivity contribution is -0.121. The zero-order chi connectivity index (χ0) is 21.3. The lowest BCUT2D eigenvalue weighted by atomic mass is 10.1. The molecule has 0 radical (unpaired) electrons. The number of aromatic nitrogens is 2. The van der Waals surface area contributed by atoms with Crippen LogP contribution in [0.2, 0.25) is 0 Å². The fraction of sp³-hybridized carbons (Fsp3) is 0.348. The van der Waals surface area contributed by atoms with Crippen molar-refractivity contribution in [3.63, 3.8) is 0 Å². The number of carbonyl (C=O) groups excluding carboxylic acids is 1. The van der Waals surface area contributed by atoms with Gasteiger partial charge in [0.1, 0.15) is 0 Å². The first-order chi connectivity index (χ1) is 13.6. The molecule has 1 atom stereocenters. The summed E-state index contributed by atoms with van der Waals surface area (Å²) in [5.41, 5.74) is 3.00. The molecule has 29 heavy (non-hydrogen) atoms. The van der Waals surface area contributed by atoms with Gasteiger partial charge in [-0.25, -0.2) is 4.98 Å². The molecule has 0 bridgehead atoms. The molecule has 0 aliphatic rings. The van der Waals surface area contributed by atoms with Crippen LogP contribution in [0.3, 0.4) is 0 Å². The van der Waals surface area contributed by atoms with Crippen molar-refractivity contribution < 1.29 is 4.79 Å². The lowest BCUT2D eigenvalue weighted by Gasteiger charge is -2.23. The highest BCUT2D eigenvalue weighted by Crippen LogP contribution is 2.27. The fourth-order valence-corrected chi connectivity index (χ4v) is 3.97. The average molecular weight is 410 g/mol. The van der Waals surface area contributed by atoms with Crippen LogP contribution in [0.1, 0.15) is 38.8 Å². The highest BCUT2D eigenvalue weighted by molar-refractivity contribution is 8.00. The van der Waals surface area contributed by atoms with Crippen molar-refractivity contribution >= 4 is 28.6 Å². The Morgan fingerprint density at radius 3 is 2.52 bits per heavy atom. The molecule has 3 rings (SSSR count). The Hall–Kier alpha value is -2.60. The van der Waals surface area contributed by atoms with E-state index in [0.717, 1.165) is 16.8 Å². The maximum absolute atomic E-state index is 13.4. The van der Waals surface area contributed by atoms with Crippen LogP contribution in [-0.2, 0) is 4.79 Å². The summed E-state index contributed by atoms with van der Waals surface area (Å²) < 4.78 is 1.64. The third kappa shape index (κ3) is 4.70. The number of aryl methyl sites for hydroxylation is 2. The largest absolute Gasteiger partial charge is 0.351 e. The van der Waals surface area contributed by atoms with E-state index in [-0.39, 0.29) is 17.0 Å². The van der Waals surface area contributed by atoms with Crippen molar-refractivity contribution in [1.29, 1.82) is 0 Å². The number of hydrogen-bond acceptors (Lipinski definition) is 4. The number of para-hydroxylation sites is 1. The van der Waals surface area contributed by atoms with Crippen LogP contribution in [0.15, 0.2) is 52.4 Å². The van der Waals surface area contributed by atoms with Gasteiger partial charge in [-0.1, -0.05) is 36.0 Å². The molecule has 1 heterocycles. The predicted octanol–water partition coefficient (Wildman–Crippen LogP) is 4.40. The van der Waals surface area contributed by atoms with Crippen molar-refractivity contribution in [2.45, 2.75) is 57.5 Å². The van der Waals surface area contributed by atoms with Gasteiger partial charge < -0.3 is 5.32 Å². The minimum absolute atomic E-state index is 0.0857. The topological polar surface area (TPSA) is 64.0 Å². The number of fused-ring (bicyclic) bond motifs is 1. The molecular weight excluding hydrogens is 382 g/mol. The van der Waals surface area contributed by atoms with Crippen molar-refractivity contribution in [3.05, 3.63) is 63.9 Å². The molecule has 0 saturated carbocycles. The first-order valence-corrected chi connectivity index (χ1v) is 10.5. The van der Waals surface area contributed by atoms with Gasteiger partial charge in [0.05, 0.1) is 21.8 Å². The van der Waals surface area contributed by atoms with Crippen LogP contribution < -0.4 is 10.9 Å². The molecule has 5 nitrogen and oxygen atoms in total. The second-order valence-corrected chi connectivity index (χ2v) is 9.65. The smallest absolute Gasteiger partial charge is 0.266 e. The second kappa shape index (κ2) is 8.03. The van der Waals surface area contributed by atoms with E-state index in [1.54, 1.807) is 10.6 Å². The normalized spacial score (nSPS) is 12.8. The predicted molar refractivity (Wildman–Crippen MR) is 120 cm³/mol. The van der Waals surface area contributed by atoms with E-state index in [0.29, 0.717) is 16.1 Å². The third-order valence-electron chi connectivity index (χ3n) is 4.50. The summed E-state index contributed by atoms with van der Waals surface area (Å²) in [5, 5.41) is 3.66. The highest BCUT2D eigenvalue weighted by Gasteiger charge is 2.23. The first kappa shape index (κ1) is 21.1. The molecule has 1 N–H and O–H groups in total. The number of nitrogens with one attached hydrogen (secondary N) is 1. The summed E-state index contributed by atoms with van der Waals surface area (Å²) in [6.45, 7) is 11.6. The van der Waals surface area contributed by atoms with E-state index < -0.39 is 5.25 Å². The van der Waals surface area contributed by atoms with Gasteiger partial charge in [-0.2, -0.15) is 0 Å². The molecule has 0 spiro atoms. The van der Waals surface area contributed by atoms with Crippen molar-refractivity contribution in [2.75, 3.05) is 0 Å². The van der Waals surface area contributed by atoms with Gasteiger partial charge >= 0.3 is 0 Å². The SMILES string of the molecule is Cc1ccc(C)c(-n2c(S[C@@H](C)C(=O)NC(C)(C)C)nc3ccccc3c2=O)c1. The van der Waals surface area contributed by atoms with Gasteiger partial charge in [0.15, 0.2) is 5.16 Å². The molecular formula is C23H27N3O2S. The Labute approximate surface area is 175 Å². The molecule has 3 aromatic rings. The third-order valence-corrected chi connectivity index (χ3v) is 5.55. The van der Waals surface area contributed by atoms with E-state index in [9.17, 15) is 9.59 Å². The molecule has 152 valence electrons. The quantitative estimate of drug-likeness (QED) is 0.512. The Balaban J connectivity index is 2.16. The summed E-state index contributed by atoms with van der Waals surface area (Å²) in [6, 6.07) is 13.3. The van der Waals surface area contributed by atoms with Crippen LogP contribution >= 0.6 is 11.8 Å². The second-order valence-electron chi connectivity index (χ2n) is 8.34. The zero-order valence-corrected chi connectivity index (χ0v) is 18.6.